The van der Waals surface area contributed by atoms with Gasteiger partial charge in [0.2, 0.25) is 0 Å². The first-order valence-electron chi connectivity index (χ1n) is 6.99. The first-order valence-corrected chi connectivity index (χ1v) is 6.99. The fourth-order valence-electron chi connectivity index (χ4n) is 2.00. The van der Waals surface area contributed by atoms with Crippen molar-refractivity contribution in [2.75, 3.05) is 26.8 Å². The Kier molecular flexibility index (Phi) is 8.96. The second kappa shape index (κ2) is 9.58. The summed E-state index contributed by atoms with van der Waals surface area (Å²) in [5.74, 6) is -0.512. The Hall–Kier alpha value is -1.30. The maximum absolute atomic E-state index is 11.4. The Bertz CT molecular complexity index is 300. The molecule has 0 saturated heterocycles. The molecule has 0 heterocycles. The Labute approximate surface area is 121 Å². The summed E-state index contributed by atoms with van der Waals surface area (Å²) < 4.78 is 4.84. The van der Waals surface area contributed by atoms with E-state index in [1.54, 1.807) is 7.11 Å². The molecule has 0 radical (unpaired) electrons. The van der Waals surface area contributed by atoms with Crippen LogP contribution < -0.4 is 10.6 Å². The number of hydrogen-bond acceptors (Lipinski definition) is 3. The third kappa shape index (κ3) is 9.61. The van der Waals surface area contributed by atoms with Crippen LogP contribution in [0.4, 0.5) is 4.79 Å². The van der Waals surface area contributed by atoms with Gasteiger partial charge in [0.05, 0.1) is 6.61 Å². The normalized spacial score (nSPS) is 12.8. The number of carbonyl (C=O) groups excluding carboxylic acids is 1. The average molecular weight is 288 g/mol. The molecule has 0 aromatic rings. The minimum atomic E-state index is -0.774. The zero-order valence-electron chi connectivity index (χ0n) is 13.0. The minimum Gasteiger partial charge on any atom is -0.481 e. The van der Waals surface area contributed by atoms with Crippen molar-refractivity contribution in [3.8, 4) is 0 Å². The quantitative estimate of drug-likeness (QED) is 0.565. The van der Waals surface area contributed by atoms with Gasteiger partial charge in [-0.25, -0.2) is 4.79 Å². The van der Waals surface area contributed by atoms with E-state index in [0.29, 0.717) is 26.1 Å². The smallest absolute Gasteiger partial charge is 0.314 e. The molecule has 0 aromatic heterocycles. The molecule has 0 saturated carbocycles. The lowest BCUT2D eigenvalue weighted by atomic mass is 9.76. The van der Waals surface area contributed by atoms with E-state index in [1.165, 1.54) is 0 Å². The van der Waals surface area contributed by atoms with Crippen LogP contribution in [0, 0.1) is 11.3 Å². The third-order valence-corrected chi connectivity index (χ3v) is 3.30. The highest BCUT2D eigenvalue weighted by Crippen LogP contribution is 2.32. The molecule has 3 N–H and O–H groups in total. The standard InChI is InChI=1S/C14H28N2O4/c1-14(2,3)11(5-6-12(17)18)7-8-15-13(19)16-9-10-20-4/h11H,5-10H2,1-4H3,(H,17,18)(H2,15,16,19). The van der Waals surface area contributed by atoms with E-state index in [4.69, 9.17) is 9.84 Å². The van der Waals surface area contributed by atoms with E-state index < -0.39 is 5.97 Å². The van der Waals surface area contributed by atoms with Crippen LogP contribution in [0.25, 0.3) is 0 Å². The van der Waals surface area contributed by atoms with E-state index in [1.807, 2.05) is 0 Å². The number of rotatable bonds is 9. The molecule has 0 fully saturated rings. The predicted octanol–water partition coefficient (Wildman–Crippen LogP) is 1.85. The lowest BCUT2D eigenvalue weighted by Gasteiger charge is -2.30. The highest BCUT2D eigenvalue weighted by Gasteiger charge is 2.24. The number of hydrogen-bond donors (Lipinski definition) is 3. The second-order valence-electron chi connectivity index (χ2n) is 5.96. The van der Waals surface area contributed by atoms with Crippen molar-refractivity contribution in [2.24, 2.45) is 11.3 Å². The van der Waals surface area contributed by atoms with Gasteiger partial charge in [-0.2, -0.15) is 0 Å². The molecule has 0 aliphatic rings. The maximum atomic E-state index is 11.4. The van der Waals surface area contributed by atoms with Gasteiger partial charge in [-0.05, 0) is 24.2 Å². The molecular formula is C14H28N2O4. The zero-order chi connectivity index (χ0) is 15.6. The van der Waals surface area contributed by atoms with Crippen molar-refractivity contribution >= 4 is 12.0 Å². The number of nitrogens with one attached hydrogen (secondary N) is 2. The summed E-state index contributed by atoms with van der Waals surface area (Å²) in [7, 11) is 1.58. The largest absolute Gasteiger partial charge is 0.481 e. The number of carboxylic acid groups (broad SMARTS) is 1. The molecule has 118 valence electrons. The zero-order valence-corrected chi connectivity index (χ0v) is 13.0. The first-order chi connectivity index (χ1) is 9.27. The van der Waals surface area contributed by atoms with Crippen molar-refractivity contribution in [1.29, 1.82) is 0 Å². The van der Waals surface area contributed by atoms with Crippen LogP contribution in [0.3, 0.4) is 0 Å². The third-order valence-electron chi connectivity index (χ3n) is 3.30. The van der Waals surface area contributed by atoms with Crippen LogP contribution in [-0.4, -0.2) is 43.9 Å². The fraction of sp³-hybridized carbons (Fsp3) is 0.857. The molecule has 1 atom stereocenters. The van der Waals surface area contributed by atoms with Crippen molar-refractivity contribution in [1.82, 2.24) is 10.6 Å². The average Bonchev–Trinajstić information content (AvgIpc) is 2.31. The van der Waals surface area contributed by atoms with Crippen LogP contribution >= 0.6 is 0 Å². The van der Waals surface area contributed by atoms with Crippen molar-refractivity contribution in [3.63, 3.8) is 0 Å². The van der Waals surface area contributed by atoms with Gasteiger partial charge in [0.15, 0.2) is 0 Å². The molecule has 0 rings (SSSR count). The fourth-order valence-corrected chi connectivity index (χ4v) is 2.00. The lowest BCUT2D eigenvalue weighted by Crippen LogP contribution is -2.38. The van der Waals surface area contributed by atoms with Crippen LogP contribution in [0.5, 0.6) is 0 Å². The summed E-state index contributed by atoms with van der Waals surface area (Å²) in [5.41, 5.74) is 0.0314. The molecule has 20 heavy (non-hydrogen) atoms. The molecule has 6 nitrogen and oxygen atoms in total. The van der Waals surface area contributed by atoms with Gasteiger partial charge in [0.25, 0.3) is 0 Å². The maximum Gasteiger partial charge on any atom is 0.314 e. The topological polar surface area (TPSA) is 87.7 Å². The number of urea groups is 1. The molecule has 1 unspecified atom stereocenters. The van der Waals surface area contributed by atoms with E-state index in [0.717, 1.165) is 6.42 Å². The SMILES string of the molecule is COCCNC(=O)NCCC(CCC(=O)O)C(C)(C)C. The van der Waals surface area contributed by atoms with Crippen molar-refractivity contribution < 1.29 is 19.4 Å². The number of ether oxygens (including phenoxy) is 1. The van der Waals surface area contributed by atoms with Crippen LogP contribution in [-0.2, 0) is 9.53 Å². The van der Waals surface area contributed by atoms with E-state index in [2.05, 4.69) is 31.4 Å². The highest BCUT2D eigenvalue weighted by molar-refractivity contribution is 5.73. The van der Waals surface area contributed by atoms with Crippen LogP contribution in [0.15, 0.2) is 0 Å². The van der Waals surface area contributed by atoms with E-state index in [-0.39, 0.29) is 23.8 Å². The molecule has 0 spiro atoms. The minimum absolute atomic E-state index is 0.0314. The van der Waals surface area contributed by atoms with Gasteiger partial charge in [-0.3, -0.25) is 4.79 Å². The van der Waals surface area contributed by atoms with Crippen molar-refractivity contribution in [3.05, 3.63) is 0 Å². The van der Waals surface area contributed by atoms with Gasteiger partial charge in [-0.15, -0.1) is 0 Å². The Balaban J connectivity index is 4.01. The molecule has 0 bridgehead atoms. The summed E-state index contributed by atoms with van der Waals surface area (Å²) in [4.78, 5) is 22.1. The highest BCUT2D eigenvalue weighted by atomic mass is 16.5. The summed E-state index contributed by atoms with van der Waals surface area (Å²) in [5, 5.41) is 14.2. The molecule has 6 heteroatoms. The van der Waals surface area contributed by atoms with Gasteiger partial charge >= 0.3 is 12.0 Å². The Morgan fingerprint density at radius 1 is 1.15 bits per heavy atom. The Morgan fingerprint density at radius 3 is 2.25 bits per heavy atom. The van der Waals surface area contributed by atoms with Gasteiger partial charge in [0.1, 0.15) is 0 Å². The molecular weight excluding hydrogens is 260 g/mol. The molecule has 0 aliphatic heterocycles. The first kappa shape index (κ1) is 18.7. The van der Waals surface area contributed by atoms with Crippen molar-refractivity contribution in [2.45, 2.75) is 40.0 Å². The summed E-state index contributed by atoms with van der Waals surface area (Å²) in [6.07, 6.45) is 1.57. The summed E-state index contributed by atoms with van der Waals surface area (Å²) in [6.45, 7) is 7.79. The van der Waals surface area contributed by atoms with Gasteiger partial charge in [-0.1, -0.05) is 20.8 Å². The number of methoxy groups -OCH3 is 1. The number of aliphatic carboxylic acids is 1. The van der Waals surface area contributed by atoms with Gasteiger partial charge in [0, 0.05) is 26.6 Å². The molecule has 0 aliphatic carbocycles. The molecule has 2 amide bonds. The number of carbonyl (C=O) groups is 2. The van der Waals surface area contributed by atoms with E-state index >= 15 is 0 Å². The van der Waals surface area contributed by atoms with E-state index in [9.17, 15) is 9.59 Å². The number of amides is 2. The predicted molar refractivity (Wildman–Crippen MR) is 77.7 cm³/mol. The summed E-state index contributed by atoms with van der Waals surface area (Å²) >= 11 is 0. The summed E-state index contributed by atoms with van der Waals surface area (Å²) in [6, 6.07) is -0.215. The van der Waals surface area contributed by atoms with Crippen LogP contribution in [0.2, 0.25) is 0 Å². The monoisotopic (exact) mass is 288 g/mol. The second-order valence-corrected chi connectivity index (χ2v) is 5.96. The number of carboxylic acids is 1. The lowest BCUT2D eigenvalue weighted by molar-refractivity contribution is -0.137. The Morgan fingerprint density at radius 2 is 1.75 bits per heavy atom. The van der Waals surface area contributed by atoms with Gasteiger partial charge < -0.3 is 20.5 Å². The van der Waals surface area contributed by atoms with Crippen LogP contribution in [0.1, 0.15) is 40.0 Å². The molecule has 0 aromatic carbocycles.